The Morgan fingerprint density at radius 3 is 2.94 bits per heavy atom. The highest BCUT2D eigenvalue weighted by Crippen LogP contribution is 2.26. The molecule has 1 aromatic heterocycles. The quantitative estimate of drug-likeness (QED) is 0.899. The largest absolute Gasteiger partial charge is 0.481 e. The number of hydrogen-bond donors (Lipinski definition) is 2. The first-order valence-electron chi connectivity index (χ1n) is 5.09. The number of rotatable bonds is 3. The van der Waals surface area contributed by atoms with E-state index in [1.807, 2.05) is 19.2 Å². The van der Waals surface area contributed by atoms with Gasteiger partial charge in [0.25, 0.3) is 0 Å². The molecule has 1 aromatic carbocycles. The maximum atomic E-state index is 11.0. The van der Waals surface area contributed by atoms with Gasteiger partial charge in [0.15, 0.2) is 0 Å². The van der Waals surface area contributed by atoms with Crippen LogP contribution in [0, 0.1) is 0 Å². The molecule has 2 rings (SSSR count). The van der Waals surface area contributed by atoms with Gasteiger partial charge in [-0.2, -0.15) is 5.10 Å². The van der Waals surface area contributed by atoms with Crippen LogP contribution in [0.25, 0.3) is 10.9 Å². The van der Waals surface area contributed by atoms with Crippen molar-refractivity contribution in [2.45, 2.75) is 5.92 Å². The summed E-state index contributed by atoms with van der Waals surface area (Å²) < 4.78 is 2.44. The predicted octanol–water partition coefficient (Wildman–Crippen LogP) is 1.46. The third kappa shape index (κ3) is 2.05. The minimum Gasteiger partial charge on any atom is -0.481 e. The highest BCUT2D eigenvalue weighted by atomic mass is 79.9. The van der Waals surface area contributed by atoms with E-state index in [2.05, 4.69) is 21.0 Å². The van der Waals surface area contributed by atoms with Crippen LogP contribution in [-0.2, 0) is 11.8 Å². The van der Waals surface area contributed by atoms with E-state index < -0.39 is 11.9 Å². The van der Waals surface area contributed by atoms with Gasteiger partial charge in [-0.05, 0) is 33.6 Å². The molecule has 0 aliphatic carbocycles. The lowest BCUT2D eigenvalue weighted by atomic mass is 9.98. The average molecular weight is 298 g/mol. The van der Waals surface area contributed by atoms with Gasteiger partial charge in [0, 0.05) is 19.0 Å². The summed E-state index contributed by atoms with van der Waals surface area (Å²) in [6.07, 6.45) is 0. The smallest absolute Gasteiger partial charge is 0.312 e. The molecule has 1 heterocycles. The maximum absolute atomic E-state index is 11.0. The fourth-order valence-electron chi connectivity index (χ4n) is 1.84. The molecule has 5 nitrogen and oxygen atoms in total. The fourth-order valence-corrected chi connectivity index (χ4v) is 2.39. The topological polar surface area (TPSA) is 81.1 Å². The first-order valence-corrected chi connectivity index (χ1v) is 5.89. The van der Waals surface area contributed by atoms with E-state index in [1.54, 1.807) is 10.7 Å². The lowest BCUT2D eigenvalue weighted by Crippen LogP contribution is -2.20. The van der Waals surface area contributed by atoms with Crippen LogP contribution in [0.3, 0.4) is 0 Å². The zero-order valence-corrected chi connectivity index (χ0v) is 10.8. The Labute approximate surface area is 106 Å². The summed E-state index contributed by atoms with van der Waals surface area (Å²) in [4.78, 5) is 11.0. The molecule has 0 spiro atoms. The number of aromatic nitrogens is 2. The molecule has 6 heteroatoms. The standard InChI is InChI=1S/C11H12BrN3O2/c1-15-9-3-2-6(8(5-13)11(16)17)4-7(9)10(12)14-15/h2-4,8H,5,13H2,1H3,(H,16,17). The number of hydrogen-bond acceptors (Lipinski definition) is 3. The SMILES string of the molecule is Cn1nc(Br)c2cc(C(CN)C(=O)O)ccc21. The van der Waals surface area contributed by atoms with E-state index in [1.165, 1.54) is 0 Å². The van der Waals surface area contributed by atoms with Gasteiger partial charge in [-0.25, -0.2) is 0 Å². The molecule has 2 aromatic rings. The van der Waals surface area contributed by atoms with Crippen molar-refractivity contribution in [2.24, 2.45) is 12.8 Å². The van der Waals surface area contributed by atoms with Crippen molar-refractivity contribution in [3.63, 3.8) is 0 Å². The molecule has 0 saturated heterocycles. The number of carbonyl (C=O) groups is 1. The van der Waals surface area contributed by atoms with Crippen molar-refractivity contribution in [2.75, 3.05) is 6.54 Å². The van der Waals surface area contributed by atoms with Crippen molar-refractivity contribution < 1.29 is 9.90 Å². The highest BCUT2D eigenvalue weighted by molar-refractivity contribution is 9.10. The number of aliphatic carboxylic acids is 1. The van der Waals surface area contributed by atoms with Gasteiger partial charge in [0.05, 0.1) is 11.4 Å². The molecule has 0 radical (unpaired) electrons. The summed E-state index contributed by atoms with van der Waals surface area (Å²) in [6.45, 7) is 0.0821. The van der Waals surface area contributed by atoms with Crippen molar-refractivity contribution in [1.82, 2.24) is 9.78 Å². The summed E-state index contributed by atoms with van der Waals surface area (Å²) in [5.41, 5.74) is 7.12. The summed E-state index contributed by atoms with van der Waals surface area (Å²) in [7, 11) is 1.84. The van der Waals surface area contributed by atoms with Gasteiger partial charge in [-0.15, -0.1) is 0 Å². The van der Waals surface area contributed by atoms with Crippen molar-refractivity contribution in [3.8, 4) is 0 Å². The van der Waals surface area contributed by atoms with Gasteiger partial charge < -0.3 is 10.8 Å². The molecule has 17 heavy (non-hydrogen) atoms. The molecule has 0 fully saturated rings. The molecular formula is C11H12BrN3O2. The number of carboxylic acid groups (broad SMARTS) is 1. The zero-order valence-electron chi connectivity index (χ0n) is 9.22. The third-order valence-corrected chi connectivity index (χ3v) is 3.35. The van der Waals surface area contributed by atoms with E-state index in [9.17, 15) is 4.79 Å². The normalized spacial score (nSPS) is 12.9. The summed E-state index contributed by atoms with van der Waals surface area (Å²) in [5.74, 6) is -1.58. The fraction of sp³-hybridized carbons (Fsp3) is 0.273. The Bertz CT molecular complexity index is 579. The maximum Gasteiger partial charge on any atom is 0.312 e. The van der Waals surface area contributed by atoms with E-state index >= 15 is 0 Å². The predicted molar refractivity (Wildman–Crippen MR) is 67.8 cm³/mol. The van der Waals surface area contributed by atoms with Crippen molar-refractivity contribution >= 4 is 32.8 Å². The molecule has 3 N–H and O–H groups in total. The Morgan fingerprint density at radius 2 is 2.35 bits per heavy atom. The lowest BCUT2D eigenvalue weighted by Gasteiger charge is -2.09. The second-order valence-corrected chi connectivity index (χ2v) is 4.57. The van der Waals surface area contributed by atoms with Crippen LogP contribution >= 0.6 is 15.9 Å². The van der Waals surface area contributed by atoms with Gasteiger partial charge in [-0.1, -0.05) is 6.07 Å². The monoisotopic (exact) mass is 297 g/mol. The highest BCUT2D eigenvalue weighted by Gasteiger charge is 2.19. The van der Waals surface area contributed by atoms with Crippen molar-refractivity contribution in [3.05, 3.63) is 28.4 Å². The first-order chi connectivity index (χ1) is 8.04. The third-order valence-electron chi connectivity index (χ3n) is 2.77. The molecule has 1 atom stereocenters. The molecule has 90 valence electrons. The van der Waals surface area contributed by atoms with E-state index in [0.29, 0.717) is 10.2 Å². The number of fused-ring (bicyclic) bond motifs is 1. The van der Waals surface area contributed by atoms with Crippen LogP contribution in [0.5, 0.6) is 0 Å². The Balaban J connectivity index is 2.57. The number of nitrogens with two attached hydrogens (primary N) is 1. The van der Waals surface area contributed by atoms with E-state index in [4.69, 9.17) is 10.8 Å². The van der Waals surface area contributed by atoms with Crippen LogP contribution in [0.4, 0.5) is 0 Å². The number of nitrogens with zero attached hydrogens (tertiary/aromatic N) is 2. The summed E-state index contributed by atoms with van der Waals surface area (Å²) >= 11 is 3.35. The van der Waals surface area contributed by atoms with Gasteiger partial charge in [-0.3, -0.25) is 9.48 Å². The van der Waals surface area contributed by atoms with Gasteiger partial charge in [0.2, 0.25) is 0 Å². The molecule has 0 aliphatic rings. The average Bonchev–Trinajstić information content (AvgIpc) is 2.55. The van der Waals surface area contributed by atoms with Crippen molar-refractivity contribution in [1.29, 1.82) is 0 Å². The molecule has 0 aliphatic heterocycles. The van der Waals surface area contributed by atoms with Crippen LogP contribution < -0.4 is 5.73 Å². The minimum atomic E-state index is -0.910. The second-order valence-electron chi connectivity index (χ2n) is 3.82. The minimum absolute atomic E-state index is 0.0821. The number of carboxylic acids is 1. The zero-order chi connectivity index (χ0) is 12.6. The lowest BCUT2D eigenvalue weighted by molar-refractivity contribution is -0.138. The van der Waals surface area contributed by atoms with Gasteiger partial charge >= 0.3 is 5.97 Å². The Kier molecular flexibility index (Phi) is 3.17. The molecule has 0 amide bonds. The molecule has 1 unspecified atom stereocenters. The second kappa shape index (κ2) is 4.46. The van der Waals surface area contributed by atoms with Crippen LogP contribution in [0.2, 0.25) is 0 Å². The van der Waals surface area contributed by atoms with Crippen LogP contribution in [-0.4, -0.2) is 27.4 Å². The number of halogens is 1. The summed E-state index contributed by atoms with van der Waals surface area (Å²) in [5, 5.41) is 14.2. The number of benzene rings is 1. The Morgan fingerprint density at radius 1 is 1.65 bits per heavy atom. The van der Waals surface area contributed by atoms with Crippen LogP contribution in [0.1, 0.15) is 11.5 Å². The van der Waals surface area contributed by atoms with Crippen LogP contribution in [0.15, 0.2) is 22.8 Å². The summed E-state index contributed by atoms with van der Waals surface area (Å²) in [6, 6.07) is 5.45. The Hall–Kier alpha value is -1.40. The van der Waals surface area contributed by atoms with E-state index in [-0.39, 0.29) is 6.54 Å². The molecule has 0 saturated carbocycles. The first kappa shape index (κ1) is 12.1. The van der Waals surface area contributed by atoms with E-state index in [0.717, 1.165) is 10.9 Å². The van der Waals surface area contributed by atoms with Gasteiger partial charge in [0.1, 0.15) is 4.60 Å². The molecule has 0 bridgehead atoms. The number of aryl methyl sites for hydroxylation is 1. The molecular weight excluding hydrogens is 286 g/mol.